The summed E-state index contributed by atoms with van der Waals surface area (Å²) in [5, 5.41) is 6.28. The van der Waals surface area contributed by atoms with Crippen LogP contribution < -0.4 is 5.32 Å². The molecule has 0 spiro atoms. The average molecular weight is 319 g/mol. The summed E-state index contributed by atoms with van der Waals surface area (Å²) in [6.07, 6.45) is 9.40. The quantitative estimate of drug-likeness (QED) is 0.648. The zero-order valence-corrected chi connectivity index (χ0v) is 14.2. The van der Waals surface area contributed by atoms with Crippen molar-refractivity contribution in [3.63, 3.8) is 0 Å². The number of amides is 1. The van der Waals surface area contributed by atoms with E-state index in [4.69, 9.17) is 0 Å². The predicted octanol–water partition coefficient (Wildman–Crippen LogP) is 2.91. The van der Waals surface area contributed by atoms with Gasteiger partial charge in [-0.1, -0.05) is 18.2 Å². The smallest absolute Gasteiger partial charge is 0.243 e. The van der Waals surface area contributed by atoms with Gasteiger partial charge >= 0.3 is 0 Å². The lowest BCUT2D eigenvalue weighted by molar-refractivity contribution is -0.116. The Labute approximate surface area is 136 Å². The Hall–Kier alpha value is -1.46. The van der Waals surface area contributed by atoms with Gasteiger partial charge in [0.15, 0.2) is 0 Å². The molecule has 1 fully saturated rings. The number of nitrogens with one attached hydrogen (secondary N) is 1. The Morgan fingerprint density at radius 2 is 2.23 bits per heavy atom. The maximum absolute atomic E-state index is 11.6. The van der Waals surface area contributed by atoms with Gasteiger partial charge in [-0.3, -0.25) is 9.69 Å². The minimum absolute atomic E-state index is 0.00141. The van der Waals surface area contributed by atoms with Gasteiger partial charge in [0.25, 0.3) is 0 Å². The van der Waals surface area contributed by atoms with Crippen LogP contribution in [0.5, 0.6) is 0 Å². The molecule has 0 atom stereocenters. The zero-order valence-electron chi connectivity index (χ0n) is 13.4. The number of carbonyl (C=O) groups is 1. The molecule has 0 saturated carbocycles. The molecule has 1 aliphatic rings. The molecule has 5 heteroatoms. The third kappa shape index (κ3) is 5.73. The maximum Gasteiger partial charge on any atom is 0.243 e. The Kier molecular flexibility index (Phi) is 6.80. The first-order valence-electron chi connectivity index (χ1n) is 7.88. The number of aromatic nitrogens is 1. The molecule has 1 saturated heterocycles. The summed E-state index contributed by atoms with van der Waals surface area (Å²) >= 11 is 1.72. The van der Waals surface area contributed by atoms with Crippen molar-refractivity contribution in [2.45, 2.75) is 33.2 Å². The summed E-state index contributed by atoms with van der Waals surface area (Å²) < 4.78 is 0. The molecule has 1 aromatic heterocycles. The Bertz CT molecular complexity index is 528. The number of rotatable bonds is 6. The number of likely N-dealkylation sites (tertiary alicyclic amines) is 1. The van der Waals surface area contributed by atoms with Crippen molar-refractivity contribution in [3.8, 4) is 0 Å². The normalized spacial score (nSPS) is 17.5. The number of carbonyl (C=O) groups excluding carboxylic acids is 1. The van der Waals surface area contributed by atoms with E-state index in [0.29, 0.717) is 5.92 Å². The number of allylic oxidation sites excluding steroid dienone is 3. The number of aryl methyl sites for hydroxylation is 1. The number of thiazole rings is 1. The van der Waals surface area contributed by atoms with Crippen LogP contribution in [0.25, 0.3) is 0 Å². The average Bonchev–Trinajstić information content (AvgIpc) is 2.92. The van der Waals surface area contributed by atoms with E-state index in [1.807, 2.05) is 26.0 Å². The van der Waals surface area contributed by atoms with Crippen LogP contribution in [0.4, 0.5) is 0 Å². The highest BCUT2D eigenvalue weighted by Gasteiger charge is 2.20. The van der Waals surface area contributed by atoms with Gasteiger partial charge in [0.1, 0.15) is 0 Å². The highest BCUT2D eigenvalue weighted by atomic mass is 32.1. The second kappa shape index (κ2) is 8.86. The lowest BCUT2D eigenvalue weighted by Gasteiger charge is -2.31. The van der Waals surface area contributed by atoms with E-state index >= 15 is 0 Å². The first-order chi connectivity index (χ1) is 10.7. The number of nitrogens with zero attached hydrogens (tertiary/aromatic N) is 2. The van der Waals surface area contributed by atoms with Crippen molar-refractivity contribution in [1.29, 1.82) is 0 Å². The molecule has 1 aliphatic heterocycles. The predicted molar refractivity (Wildman–Crippen MR) is 91.8 cm³/mol. The number of hydrogen-bond acceptors (Lipinski definition) is 4. The molecule has 0 aliphatic carbocycles. The third-order valence-electron chi connectivity index (χ3n) is 3.88. The van der Waals surface area contributed by atoms with Crippen molar-refractivity contribution < 1.29 is 4.79 Å². The van der Waals surface area contributed by atoms with Crippen LogP contribution in [-0.2, 0) is 11.3 Å². The first-order valence-corrected chi connectivity index (χ1v) is 8.76. The highest BCUT2D eigenvalue weighted by Crippen LogP contribution is 2.19. The van der Waals surface area contributed by atoms with E-state index in [-0.39, 0.29) is 5.91 Å². The lowest BCUT2D eigenvalue weighted by atomic mass is 9.96. The Morgan fingerprint density at radius 3 is 2.86 bits per heavy atom. The van der Waals surface area contributed by atoms with Crippen molar-refractivity contribution in [1.82, 2.24) is 15.2 Å². The second-order valence-electron chi connectivity index (χ2n) is 5.71. The van der Waals surface area contributed by atoms with Crippen LogP contribution in [0.2, 0.25) is 0 Å². The molecule has 4 nitrogen and oxygen atoms in total. The molecular weight excluding hydrogens is 294 g/mol. The van der Waals surface area contributed by atoms with Crippen molar-refractivity contribution in [2.24, 2.45) is 5.92 Å². The van der Waals surface area contributed by atoms with Gasteiger partial charge in [-0.15, -0.1) is 11.3 Å². The second-order valence-corrected chi connectivity index (χ2v) is 6.77. The lowest BCUT2D eigenvalue weighted by Crippen LogP contribution is -2.38. The van der Waals surface area contributed by atoms with E-state index in [9.17, 15) is 4.79 Å². The molecular formula is C17H25N3OS. The van der Waals surface area contributed by atoms with Gasteiger partial charge < -0.3 is 5.32 Å². The summed E-state index contributed by atoms with van der Waals surface area (Å²) in [4.78, 5) is 18.6. The van der Waals surface area contributed by atoms with Gasteiger partial charge in [-0.25, -0.2) is 4.98 Å². The molecule has 0 unspecified atom stereocenters. The molecule has 22 heavy (non-hydrogen) atoms. The van der Waals surface area contributed by atoms with E-state index in [1.165, 1.54) is 5.69 Å². The van der Waals surface area contributed by atoms with E-state index in [1.54, 1.807) is 23.5 Å². The van der Waals surface area contributed by atoms with Gasteiger partial charge in [0.05, 0.1) is 10.7 Å². The third-order valence-corrected chi connectivity index (χ3v) is 4.70. The van der Waals surface area contributed by atoms with E-state index in [2.05, 4.69) is 20.6 Å². The molecule has 1 aromatic rings. The fourth-order valence-corrected chi connectivity index (χ4v) is 3.22. The maximum atomic E-state index is 11.6. The SMILES string of the molecule is CC=CC=CC(=O)NCC1CCN(Cc2csc(C)n2)CC1. The zero-order chi connectivity index (χ0) is 15.8. The summed E-state index contributed by atoms with van der Waals surface area (Å²) in [7, 11) is 0. The monoisotopic (exact) mass is 319 g/mol. The molecule has 2 heterocycles. The van der Waals surface area contributed by atoms with Crippen molar-refractivity contribution in [2.75, 3.05) is 19.6 Å². The van der Waals surface area contributed by atoms with Crippen molar-refractivity contribution in [3.05, 3.63) is 40.4 Å². The van der Waals surface area contributed by atoms with Gasteiger partial charge in [0.2, 0.25) is 5.91 Å². The summed E-state index contributed by atoms with van der Waals surface area (Å²) in [5.41, 5.74) is 1.18. The molecule has 0 radical (unpaired) electrons. The fraction of sp³-hybridized carbons (Fsp3) is 0.529. The number of hydrogen-bond donors (Lipinski definition) is 1. The topological polar surface area (TPSA) is 45.2 Å². The standard InChI is InChI=1S/C17H25N3OS/c1-3-4-5-6-17(21)18-11-15-7-9-20(10-8-15)12-16-13-22-14(2)19-16/h3-6,13,15H,7-12H2,1-2H3,(H,18,21). The Balaban J connectivity index is 1.65. The number of piperidine rings is 1. The van der Waals surface area contributed by atoms with Crippen LogP contribution in [0.3, 0.4) is 0 Å². The first kappa shape index (κ1) is 16.9. The molecule has 1 N–H and O–H groups in total. The van der Waals surface area contributed by atoms with Crippen LogP contribution in [-0.4, -0.2) is 35.4 Å². The van der Waals surface area contributed by atoms with Crippen LogP contribution in [0, 0.1) is 12.8 Å². The summed E-state index contributed by atoms with van der Waals surface area (Å²) in [6, 6.07) is 0. The van der Waals surface area contributed by atoms with Crippen LogP contribution in [0.15, 0.2) is 29.7 Å². The molecule has 0 bridgehead atoms. The minimum Gasteiger partial charge on any atom is -0.352 e. The summed E-state index contributed by atoms with van der Waals surface area (Å²) in [6.45, 7) is 7.89. The minimum atomic E-state index is -0.00141. The molecule has 2 rings (SSSR count). The van der Waals surface area contributed by atoms with E-state index < -0.39 is 0 Å². The van der Waals surface area contributed by atoms with Crippen LogP contribution in [0.1, 0.15) is 30.5 Å². The summed E-state index contributed by atoms with van der Waals surface area (Å²) in [5.74, 6) is 0.589. The fourth-order valence-electron chi connectivity index (χ4n) is 2.62. The van der Waals surface area contributed by atoms with Gasteiger partial charge in [0, 0.05) is 24.5 Å². The molecule has 1 amide bonds. The van der Waals surface area contributed by atoms with Gasteiger partial charge in [-0.05, 0) is 45.7 Å². The van der Waals surface area contributed by atoms with E-state index in [0.717, 1.165) is 44.0 Å². The highest BCUT2D eigenvalue weighted by molar-refractivity contribution is 7.09. The van der Waals surface area contributed by atoms with Gasteiger partial charge in [-0.2, -0.15) is 0 Å². The largest absolute Gasteiger partial charge is 0.352 e. The van der Waals surface area contributed by atoms with Crippen molar-refractivity contribution >= 4 is 17.2 Å². The Morgan fingerprint density at radius 1 is 1.45 bits per heavy atom. The van der Waals surface area contributed by atoms with Crippen LogP contribution >= 0.6 is 11.3 Å². The molecule has 120 valence electrons. The molecule has 0 aromatic carbocycles.